The van der Waals surface area contributed by atoms with Gasteiger partial charge in [-0.2, -0.15) is 4.37 Å². The van der Waals surface area contributed by atoms with Gasteiger partial charge in [0.2, 0.25) is 0 Å². The number of nitrogens with two attached hydrogens (primary N) is 1. The number of nitrogens with zero attached hydrogens (tertiary/aromatic N) is 2. The van der Waals surface area contributed by atoms with Crippen LogP contribution in [0.25, 0.3) is 0 Å². The molecule has 102 valence electrons. The Morgan fingerprint density at radius 3 is 2.95 bits per heavy atom. The molecule has 0 unspecified atom stereocenters. The van der Waals surface area contributed by atoms with Crippen LogP contribution in [0.15, 0.2) is 11.7 Å². The highest BCUT2D eigenvalue weighted by molar-refractivity contribution is 7.11. The molecule has 0 saturated carbocycles. The molecule has 0 aliphatic heterocycles. The van der Waals surface area contributed by atoms with Crippen LogP contribution < -0.4 is 16.4 Å². The molecular formula is C11H15N5OS2. The fraction of sp³-hybridized carbons (Fsp3) is 0.364. The maximum absolute atomic E-state index is 12.0. The quantitative estimate of drug-likeness (QED) is 0.784. The van der Waals surface area contributed by atoms with Gasteiger partial charge >= 0.3 is 0 Å². The van der Waals surface area contributed by atoms with Gasteiger partial charge in [-0.25, -0.2) is 0 Å². The first-order valence-electron chi connectivity index (χ1n) is 5.75. The number of hydrogen-bond acceptors (Lipinski definition) is 7. The molecule has 2 aromatic heterocycles. The van der Waals surface area contributed by atoms with Gasteiger partial charge in [0.1, 0.15) is 10.6 Å². The number of aromatic nitrogens is 2. The van der Waals surface area contributed by atoms with E-state index in [0.29, 0.717) is 17.1 Å². The summed E-state index contributed by atoms with van der Waals surface area (Å²) in [5.41, 5.74) is 7.94. The predicted molar refractivity (Wildman–Crippen MR) is 78.6 cm³/mol. The molecule has 0 saturated heterocycles. The number of carbonyl (C=O) groups is 1. The summed E-state index contributed by atoms with van der Waals surface area (Å²) in [7, 11) is 0. The summed E-state index contributed by atoms with van der Waals surface area (Å²) in [5.74, 6) is 0.0583. The van der Waals surface area contributed by atoms with Gasteiger partial charge in [0.05, 0.1) is 12.1 Å². The molecule has 2 rings (SSSR count). The summed E-state index contributed by atoms with van der Waals surface area (Å²) in [4.78, 5) is 17.1. The van der Waals surface area contributed by atoms with E-state index in [1.54, 1.807) is 23.0 Å². The smallest absolute Gasteiger partial charge is 0.258 e. The van der Waals surface area contributed by atoms with Gasteiger partial charge < -0.3 is 16.4 Å². The Balaban J connectivity index is 2.10. The van der Waals surface area contributed by atoms with E-state index in [1.165, 1.54) is 11.5 Å². The zero-order chi connectivity index (χ0) is 13.8. The van der Waals surface area contributed by atoms with Gasteiger partial charge in [0.25, 0.3) is 5.91 Å². The minimum atomic E-state index is -0.201. The van der Waals surface area contributed by atoms with Gasteiger partial charge in [-0.3, -0.25) is 9.78 Å². The number of hydrogen-bond donors (Lipinski definition) is 3. The molecule has 0 atom stereocenters. The minimum Gasteiger partial charge on any atom is -0.382 e. The van der Waals surface area contributed by atoms with Crippen molar-refractivity contribution in [2.75, 3.05) is 11.1 Å². The molecule has 8 heteroatoms. The highest BCUT2D eigenvalue weighted by Crippen LogP contribution is 2.27. The summed E-state index contributed by atoms with van der Waals surface area (Å²) in [5, 5.41) is 6.68. The largest absolute Gasteiger partial charge is 0.382 e. The Morgan fingerprint density at radius 1 is 1.53 bits per heavy atom. The van der Waals surface area contributed by atoms with Crippen LogP contribution in [0.3, 0.4) is 0 Å². The molecule has 6 nitrogen and oxygen atoms in total. The number of anilines is 2. The van der Waals surface area contributed by atoms with E-state index in [-0.39, 0.29) is 17.8 Å². The molecule has 0 aliphatic rings. The van der Waals surface area contributed by atoms with Crippen LogP contribution in [0.5, 0.6) is 0 Å². The van der Waals surface area contributed by atoms with Crippen LogP contribution in [-0.4, -0.2) is 21.3 Å². The summed E-state index contributed by atoms with van der Waals surface area (Å²) in [6.07, 6.45) is 1.79. The van der Waals surface area contributed by atoms with Crippen molar-refractivity contribution in [2.45, 2.75) is 26.4 Å². The lowest BCUT2D eigenvalue weighted by Gasteiger charge is -2.09. The molecule has 4 N–H and O–H groups in total. The second-order valence-corrected chi connectivity index (χ2v) is 5.97. The summed E-state index contributed by atoms with van der Waals surface area (Å²) in [6, 6.07) is 0.0566. The van der Waals surface area contributed by atoms with Crippen molar-refractivity contribution >= 4 is 39.6 Å². The summed E-state index contributed by atoms with van der Waals surface area (Å²) in [6.45, 7) is 4.41. The van der Waals surface area contributed by atoms with Crippen molar-refractivity contribution in [2.24, 2.45) is 0 Å². The third-order valence-corrected chi connectivity index (χ3v) is 3.87. The zero-order valence-corrected chi connectivity index (χ0v) is 12.3. The van der Waals surface area contributed by atoms with Gasteiger partial charge in [-0.05, 0) is 25.4 Å². The molecule has 0 aliphatic carbocycles. The Hall–Kier alpha value is -1.67. The standard InChI is InChI=1S/C11H15N5OS2/c1-6(2)15-10(17)8-9(12)16-19-11(8)14-4-7-3-13-5-18-7/h3,5-6,14H,4H2,1-2H3,(H2,12,16)(H,15,17). The molecule has 19 heavy (non-hydrogen) atoms. The molecule has 2 aromatic rings. The molecule has 0 fully saturated rings. The number of amides is 1. The molecular weight excluding hydrogens is 282 g/mol. The van der Waals surface area contributed by atoms with Crippen molar-refractivity contribution in [1.82, 2.24) is 14.7 Å². The fourth-order valence-electron chi connectivity index (χ4n) is 1.47. The normalized spacial score (nSPS) is 10.7. The number of carbonyl (C=O) groups excluding carboxylic acids is 1. The third kappa shape index (κ3) is 3.42. The predicted octanol–water partition coefficient (Wildman–Crippen LogP) is 1.93. The fourth-order valence-corrected chi connectivity index (χ4v) is 2.71. The number of rotatable bonds is 5. The Bertz CT molecular complexity index is 549. The van der Waals surface area contributed by atoms with Crippen LogP contribution in [0.1, 0.15) is 29.1 Å². The lowest BCUT2D eigenvalue weighted by atomic mass is 10.2. The SMILES string of the molecule is CC(C)NC(=O)c1c(N)nsc1NCc1cncs1. The Morgan fingerprint density at radius 2 is 2.32 bits per heavy atom. The number of thiazole rings is 1. The monoisotopic (exact) mass is 297 g/mol. The van der Waals surface area contributed by atoms with Gasteiger partial charge in [0.15, 0.2) is 5.82 Å². The molecule has 0 spiro atoms. The van der Waals surface area contributed by atoms with Gasteiger partial charge in [0, 0.05) is 17.1 Å². The highest BCUT2D eigenvalue weighted by Gasteiger charge is 2.19. The van der Waals surface area contributed by atoms with E-state index in [0.717, 1.165) is 4.88 Å². The van der Waals surface area contributed by atoms with Gasteiger partial charge in [-0.1, -0.05) is 0 Å². The molecule has 0 aromatic carbocycles. The van der Waals surface area contributed by atoms with Crippen molar-refractivity contribution in [1.29, 1.82) is 0 Å². The topological polar surface area (TPSA) is 92.9 Å². The van der Waals surface area contributed by atoms with Crippen LogP contribution in [0.4, 0.5) is 10.8 Å². The lowest BCUT2D eigenvalue weighted by Crippen LogP contribution is -2.30. The molecule has 0 radical (unpaired) electrons. The third-order valence-electron chi connectivity index (χ3n) is 2.27. The lowest BCUT2D eigenvalue weighted by molar-refractivity contribution is 0.0945. The molecule has 1 amide bonds. The molecule has 2 heterocycles. The van der Waals surface area contributed by atoms with Crippen LogP contribution in [0.2, 0.25) is 0 Å². The first-order chi connectivity index (χ1) is 9.08. The van der Waals surface area contributed by atoms with E-state index in [1.807, 2.05) is 13.8 Å². The maximum atomic E-state index is 12.0. The van der Waals surface area contributed by atoms with Crippen molar-refractivity contribution in [3.05, 3.63) is 22.1 Å². The minimum absolute atomic E-state index is 0.0566. The number of nitrogen functional groups attached to an aromatic ring is 1. The van der Waals surface area contributed by atoms with E-state index in [2.05, 4.69) is 20.0 Å². The second kappa shape index (κ2) is 5.98. The van der Waals surface area contributed by atoms with Crippen LogP contribution in [0, 0.1) is 0 Å². The van der Waals surface area contributed by atoms with E-state index >= 15 is 0 Å². The van der Waals surface area contributed by atoms with E-state index < -0.39 is 0 Å². The summed E-state index contributed by atoms with van der Waals surface area (Å²) >= 11 is 2.74. The van der Waals surface area contributed by atoms with Gasteiger partial charge in [-0.15, -0.1) is 11.3 Å². The average Bonchev–Trinajstić information content (AvgIpc) is 2.94. The van der Waals surface area contributed by atoms with Crippen LogP contribution in [-0.2, 0) is 6.54 Å². The maximum Gasteiger partial charge on any atom is 0.258 e. The highest BCUT2D eigenvalue weighted by atomic mass is 32.1. The molecule has 0 bridgehead atoms. The first-order valence-corrected chi connectivity index (χ1v) is 7.40. The van der Waals surface area contributed by atoms with Crippen molar-refractivity contribution in [3.63, 3.8) is 0 Å². The van der Waals surface area contributed by atoms with Crippen molar-refractivity contribution < 1.29 is 4.79 Å². The zero-order valence-electron chi connectivity index (χ0n) is 10.6. The second-order valence-electron chi connectivity index (χ2n) is 4.22. The number of nitrogens with one attached hydrogen (secondary N) is 2. The van der Waals surface area contributed by atoms with E-state index in [9.17, 15) is 4.79 Å². The van der Waals surface area contributed by atoms with Crippen LogP contribution >= 0.6 is 22.9 Å². The Kier molecular flexibility index (Phi) is 4.33. The Labute approximate surface area is 119 Å². The average molecular weight is 297 g/mol. The van der Waals surface area contributed by atoms with E-state index in [4.69, 9.17) is 5.73 Å². The van der Waals surface area contributed by atoms with Crippen molar-refractivity contribution in [3.8, 4) is 0 Å². The first kappa shape index (κ1) is 13.8. The summed E-state index contributed by atoms with van der Waals surface area (Å²) < 4.78 is 4.03.